The van der Waals surface area contributed by atoms with Crippen LogP contribution in [0.4, 0.5) is 10.2 Å². The molecule has 0 amide bonds. The van der Waals surface area contributed by atoms with E-state index < -0.39 is 56.9 Å². The van der Waals surface area contributed by atoms with Gasteiger partial charge in [0.25, 0.3) is 0 Å². The Morgan fingerprint density at radius 3 is 2.27 bits per heavy atom. The molecule has 5 N–H and O–H groups in total. The maximum atomic E-state index is 14.1. The Labute approximate surface area is 347 Å². The van der Waals surface area contributed by atoms with Gasteiger partial charge >= 0.3 is 7.82 Å². The number of aliphatic hydroxyl groups excluding tert-OH is 2. The number of phosphoric acid groups is 1. The number of nitriles is 1. The van der Waals surface area contributed by atoms with Crippen molar-refractivity contribution in [2.75, 3.05) is 39.2 Å². The van der Waals surface area contributed by atoms with E-state index in [-0.39, 0.29) is 24.6 Å². The van der Waals surface area contributed by atoms with Gasteiger partial charge in [0, 0.05) is 19.9 Å². The van der Waals surface area contributed by atoms with Crippen LogP contribution in [0, 0.1) is 17.1 Å². The molecule has 1 aliphatic rings. The number of benzene rings is 1. The Hall–Kier alpha value is -3.36. The lowest BCUT2D eigenvalue weighted by Crippen LogP contribution is -2.48. The molecule has 0 aliphatic carbocycles. The van der Waals surface area contributed by atoms with Crippen molar-refractivity contribution in [2.24, 2.45) is 4.99 Å². The molecule has 2 aromatic heterocycles. The van der Waals surface area contributed by atoms with Crippen molar-refractivity contribution in [3.63, 3.8) is 0 Å². The van der Waals surface area contributed by atoms with Crippen molar-refractivity contribution in [3.05, 3.63) is 59.3 Å². The van der Waals surface area contributed by atoms with Gasteiger partial charge in [-0.1, -0.05) is 103 Å². The molecule has 328 valence electrons. The molecule has 1 fully saturated rings. The van der Waals surface area contributed by atoms with Gasteiger partial charge in [0.1, 0.15) is 42.1 Å². The van der Waals surface area contributed by atoms with Gasteiger partial charge in [-0.05, 0) is 42.3 Å². The number of nitrogen functional groups attached to an aromatic ring is 1. The van der Waals surface area contributed by atoms with Gasteiger partial charge in [0.05, 0.1) is 43.8 Å². The lowest BCUT2D eigenvalue weighted by Gasteiger charge is -2.28. The number of fused-ring (bicyclic) bond motifs is 1. The van der Waals surface area contributed by atoms with Gasteiger partial charge in [-0.15, -0.1) is 0 Å². The normalized spacial score (nSPS) is 21.0. The largest absolute Gasteiger partial charge is 0.472 e. The third-order valence-corrected chi connectivity index (χ3v) is 11.5. The number of rotatable bonds is 30. The van der Waals surface area contributed by atoms with Crippen LogP contribution in [0.1, 0.15) is 133 Å². The SMILES string of the molecule is CCCCCCCCCCCCCCCCCCOC[C@H](COP(=O)(O)OC[C@@]1(/C=N\C)O[C@@H](c2ccc3c(N)ncnn23)[C@H](O)[C@@H]1O)OCc1cc(F)cc(C#N)c1. The van der Waals surface area contributed by atoms with Crippen LogP contribution in [0.2, 0.25) is 0 Å². The topological polar surface area (TPSA) is 216 Å². The molecule has 1 saturated heterocycles. The molecule has 6 atom stereocenters. The molecule has 1 unspecified atom stereocenters. The summed E-state index contributed by atoms with van der Waals surface area (Å²) in [4.78, 5) is 18.7. The van der Waals surface area contributed by atoms with Crippen LogP contribution in [0.25, 0.3) is 5.52 Å². The molecule has 3 heterocycles. The highest BCUT2D eigenvalue weighted by atomic mass is 31.2. The maximum absolute atomic E-state index is 14.1. The van der Waals surface area contributed by atoms with Gasteiger partial charge in [-0.3, -0.25) is 14.0 Å². The van der Waals surface area contributed by atoms with Gasteiger partial charge < -0.3 is 35.1 Å². The average Bonchev–Trinajstić information content (AvgIpc) is 3.76. The second-order valence-corrected chi connectivity index (χ2v) is 16.8. The summed E-state index contributed by atoms with van der Waals surface area (Å²) in [5.41, 5.74) is 5.40. The lowest BCUT2D eigenvalue weighted by atomic mass is 9.96. The molecular formula is C42H64FN6O9P. The molecule has 15 nitrogen and oxygen atoms in total. The van der Waals surface area contributed by atoms with E-state index >= 15 is 0 Å². The quantitative estimate of drug-likeness (QED) is 0.0290. The summed E-state index contributed by atoms with van der Waals surface area (Å²) in [5.74, 6) is -0.405. The number of aliphatic hydroxyl groups is 2. The number of hydrogen-bond acceptors (Lipinski definition) is 13. The smallest absolute Gasteiger partial charge is 0.387 e. The Morgan fingerprint density at radius 2 is 1.64 bits per heavy atom. The number of aliphatic imine (C=N–C) groups is 1. The van der Waals surface area contributed by atoms with Crippen molar-refractivity contribution in [3.8, 4) is 6.07 Å². The molecule has 59 heavy (non-hydrogen) atoms. The summed E-state index contributed by atoms with van der Waals surface area (Å²) >= 11 is 0. The molecule has 0 radical (unpaired) electrons. The van der Waals surface area contributed by atoms with E-state index in [1.54, 1.807) is 12.1 Å². The fourth-order valence-corrected chi connectivity index (χ4v) is 8.05. The first-order valence-electron chi connectivity index (χ1n) is 21.1. The first-order valence-corrected chi connectivity index (χ1v) is 22.6. The van der Waals surface area contributed by atoms with Crippen LogP contribution >= 0.6 is 7.82 Å². The highest BCUT2D eigenvalue weighted by molar-refractivity contribution is 7.47. The van der Waals surface area contributed by atoms with E-state index in [2.05, 4.69) is 22.0 Å². The predicted molar refractivity (Wildman–Crippen MR) is 222 cm³/mol. The highest BCUT2D eigenvalue weighted by Crippen LogP contribution is 2.47. The maximum Gasteiger partial charge on any atom is 0.472 e. The van der Waals surface area contributed by atoms with Gasteiger partial charge in [-0.25, -0.2) is 18.5 Å². The lowest BCUT2D eigenvalue weighted by molar-refractivity contribution is -0.0702. The molecule has 3 aromatic rings. The zero-order chi connectivity index (χ0) is 42.5. The first kappa shape index (κ1) is 48.3. The third-order valence-electron chi connectivity index (χ3n) is 10.5. The number of ether oxygens (including phenoxy) is 3. The van der Waals surface area contributed by atoms with Crippen LogP contribution in [0.5, 0.6) is 0 Å². The number of nitrogens with two attached hydrogens (primary N) is 1. The minimum atomic E-state index is -4.85. The van der Waals surface area contributed by atoms with Gasteiger partial charge in [0.2, 0.25) is 0 Å². The number of phosphoric ester groups is 1. The molecule has 0 saturated carbocycles. The van der Waals surface area contributed by atoms with Crippen molar-refractivity contribution in [1.29, 1.82) is 5.26 Å². The van der Waals surface area contributed by atoms with Crippen LogP contribution in [-0.4, -0.2) is 93.3 Å². The summed E-state index contributed by atoms with van der Waals surface area (Å²) in [5, 5.41) is 35.6. The second-order valence-electron chi connectivity index (χ2n) is 15.3. The van der Waals surface area contributed by atoms with E-state index in [1.165, 1.54) is 120 Å². The van der Waals surface area contributed by atoms with Crippen LogP contribution in [0.3, 0.4) is 0 Å². The standard InChI is InChI=1S/C42H64FN6O9P/c1-3-4-5-6-7-8-9-10-11-12-13-14-15-16-17-18-21-54-27-35(55-26-33-22-32(25-44)23-34(43)24-33)28-56-59(52,53)57-30-42(29-46-2)40(51)38(50)39(58-42)36-19-20-37-41(45)47-31-48-49(36)37/h19-20,22-24,29,31,35,38-40,50-51H,3-18,21,26-28,30H2,1-2H3,(H,52,53)(H2,45,47,48)/b46-29-/t35-,38+,39+,40+,42-/m1/s1. The first-order chi connectivity index (χ1) is 28.5. The van der Waals surface area contributed by atoms with Crippen molar-refractivity contribution in [2.45, 2.75) is 146 Å². The second kappa shape index (κ2) is 25.4. The number of halogens is 1. The van der Waals surface area contributed by atoms with E-state index in [1.807, 2.05) is 6.07 Å². The molecule has 4 rings (SSSR count). The molecule has 0 bridgehead atoms. The van der Waals surface area contributed by atoms with Crippen molar-refractivity contribution in [1.82, 2.24) is 14.6 Å². The Morgan fingerprint density at radius 1 is 1.00 bits per heavy atom. The van der Waals surface area contributed by atoms with E-state index in [0.717, 1.165) is 25.3 Å². The minimum absolute atomic E-state index is 0.000625. The number of hydrogen-bond donors (Lipinski definition) is 4. The van der Waals surface area contributed by atoms with E-state index in [4.69, 9.17) is 29.0 Å². The highest BCUT2D eigenvalue weighted by Gasteiger charge is 2.55. The van der Waals surface area contributed by atoms with Crippen LogP contribution in [-0.2, 0) is 34.4 Å². The zero-order valence-electron chi connectivity index (χ0n) is 34.6. The summed E-state index contributed by atoms with van der Waals surface area (Å²) in [7, 11) is -3.44. The molecule has 1 aliphatic heterocycles. The zero-order valence-corrected chi connectivity index (χ0v) is 35.5. The number of aromatic nitrogens is 3. The minimum Gasteiger partial charge on any atom is -0.387 e. The van der Waals surface area contributed by atoms with Crippen molar-refractivity contribution >= 4 is 25.4 Å². The number of unbranched alkanes of at least 4 members (excludes halogenated alkanes) is 15. The number of nitrogens with zero attached hydrogens (tertiary/aromatic N) is 5. The molecule has 0 spiro atoms. The number of anilines is 1. The fourth-order valence-electron chi connectivity index (χ4n) is 7.26. The third kappa shape index (κ3) is 15.6. The summed E-state index contributed by atoms with van der Waals surface area (Å²) in [6.07, 6.45) is 17.3. The van der Waals surface area contributed by atoms with Crippen LogP contribution < -0.4 is 5.73 Å². The average molecular weight is 847 g/mol. The fraction of sp³-hybridized carbons (Fsp3) is 0.667. The van der Waals surface area contributed by atoms with E-state index in [9.17, 15) is 29.3 Å². The van der Waals surface area contributed by atoms with Gasteiger partial charge in [-0.2, -0.15) is 10.4 Å². The summed E-state index contributed by atoms with van der Waals surface area (Å²) in [6, 6.07) is 8.98. The summed E-state index contributed by atoms with van der Waals surface area (Å²) < 4.78 is 57.3. The monoisotopic (exact) mass is 846 g/mol. The Bertz CT molecular complexity index is 1810. The van der Waals surface area contributed by atoms with Crippen molar-refractivity contribution < 1.29 is 47.3 Å². The molecule has 1 aromatic carbocycles. The molecule has 17 heteroatoms. The Balaban J connectivity index is 1.23. The molecular weight excluding hydrogens is 782 g/mol. The van der Waals surface area contributed by atoms with Gasteiger partial charge in [0.15, 0.2) is 11.4 Å². The van der Waals surface area contributed by atoms with E-state index in [0.29, 0.717) is 23.4 Å². The predicted octanol–water partition coefficient (Wildman–Crippen LogP) is 7.55. The summed E-state index contributed by atoms with van der Waals surface area (Å²) in [6.45, 7) is 1.39. The Kier molecular flexibility index (Phi) is 20.8. The van der Waals surface area contributed by atoms with Crippen LogP contribution in [0.15, 0.2) is 41.7 Å².